The molecule has 0 radical (unpaired) electrons. The van der Waals surface area contributed by atoms with E-state index in [2.05, 4.69) is 22.0 Å². The number of aromatic amines is 1. The van der Waals surface area contributed by atoms with Crippen molar-refractivity contribution < 1.29 is 0 Å². The Morgan fingerprint density at radius 3 is 3.13 bits per heavy atom. The SMILES string of the molecule is CCCn1cc(-c2ncc[nH]c2=O)cn1. The summed E-state index contributed by atoms with van der Waals surface area (Å²) in [5.74, 6) is 0. The summed E-state index contributed by atoms with van der Waals surface area (Å²) in [4.78, 5) is 18.0. The summed E-state index contributed by atoms with van der Waals surface area (Å²) < 4.78 is 1.81. The van der Waals surface area contributed by atoms with E-state index < -0.39 is 0 Å². The molecule has 0 amide bonds. The molecule has 0 saturated heterocycles. The van der Waals surface area contributed by atoms with Gasteiger partial charge in [0.15, 0.2) is 0 Å². The van der Waals surface area contributed by atoms with Crippen LogP contribution >= 0.6 is 0 Å². The molecule has 0 fully saturated rings. The number of H-pyrrole nitrogens is 1. The van der Waals surface area contributed by atoms with E-state index in [1.54, 1.807) is 12.4 Å². The van der Waals surface area contributed by atoms with Crippen LogP contribution in [0.4, 0.5) is 0 Å². The molecule has 0 atom stereocenters. The van der Waals surface area contributed by atoms with Crippen LogP contribution in [0.1, 0.15) is 13.3 Å². The van der Waals surface area contributed by atoms with Crippen LogP contribution < -0.4 is 5.56 Å². The lowest BCUT2D eigenvalue weighted by molar-refractivity contribution is 0.603. The average molecular weight is 204 g/mol. The van der Waals surface area contributed by atoms with E-state index in [0.717, 1.165) is 18.5 Å². The first-order valence-electron chi connectivity index (χ1n) is 4.88. The Morgan fingerprint density at radius 1 is 1.53 bits per heavy atom. The fraction of sp³-hybridized carbons (Fsp3) is 0.300. The van der Waals surface area contributed by atoms with Gasteiger partial charge in [0.05, 0.1) is 6.20 Å². The van der Waals surface area contributed by atoms with Crippen molar-refractivity contribution in [3.63, 3.8) is 0 Å². The number of hydrogen-bond acceptors (Lipinski definition) is 3. The fourth-order valence-electron chi connectivity index (χ4n) is 1.39. The smallest absolute Gasteiger partial charge is 0.274 e. The molecule has 78 valence electrons. The summed E-state index contributed by atoms with van der Waals surface area (Å²) >= 11 is 0. The summed E-state index contributed by atoms with van der Waals surface area (Å²) in [7, 11) is 0. The lowest BCUT2D eigenvalue weighted by Gasteiger charge is -1.95. The van der Waals surface area contributed by atoms with Crippen LogP contribution in [0.3, 0.4) is 0 Å². The van der Waals surface area contributed by atoms with Crippen molar-refractivity contribution >= 4 is 0 Å². The largest absolute Gasteiger partial charge is 0.326 e. The normalized spacial score (nSPS) is 10.5. The monoisotopic (exact) mass is 204 g/mol. The van der Waals surface area contributed by atoms with E-state index in [-0.39, 0.29) is 5.56 Å². The maximum atomic E-state index is 11.4. The number of nitrogens with zero attached hydrogens (tertiary/aromatic N) is 3. The summed E-state index contributed by atoms with van der Waals surface area (Å²) in [6, 6.07) is 0. The number of aromatic nitrogens is 4. The van der Waals surface area contributed by atoms with Crippen molar-refractivity contribution in [2.24, 2.45) is 0 Å². The van der Waals surface area contributed by atoms with Gasteiger partial charge in [-0.1, -0.05) is 6.92 Å². The second-order valence-electron chi connectivity index (χ2n) is 3.26. The molecule has 0 saturated carbocycles. The zero-order valence-corrected chi connectivity index (χ0v) is 8.47. The molecule has 1 N–H and O–H groups in total. The molecule has 0 unspecified atom stereocenters. The van der Waals surface area contributed by atoms with Crippen LogP contribution in [0.2, 0.25) is 0 Å². The number of hydrogen-bond donors (Lipinski definition) is 1. The Morgan fingerprint density at radius 2 is 2.40 bits per heavy atom. The van der Waals surface area contributed by atoms with E-state index in [0.29, 0.717) is 5.69 Å². The van der Waals surface area contributed by atoms with Crippen molar-refractivity contribution in [1.82, 2.24) is 19.7 Å². The van der Waals surface area contributed by atoms with Gasteiger partial charge in [-0.2, -0.15) is 5.10 Å². The second kappa shape index (κ2) is 4.08. The van der Waals surface area contributed by atoms with Crippen LogP contribution in [-0.4, -0.2) is 19.7 Å². The third kappa shape index (κ3) is 1.96. The van der Waals surface area contributed by atoms with E-state index in [9.17, 15) is 4.79 Å². The summed E-state index contributed by atoms with van der Waals surface area (Å²) in [5, 5.41) is 4.15. The zero-order valence-electron chi connectivity index (χ0n) is 8.47. The molecule has 0 aromatic carbocycles. The van der Waals surface area contributed by atoms with Crippen molar-refractivity contribution in [2.75, 3.05) is 0 Å². The van der Waals surface area contributed by atoms with Gasteiger partial charge in [-0.15, -0.1) is 0 Å². The minimum atomic E-state index is -0.187. The predicted octanol–water partition coefficient (Wildman–Crippen LogP) is 1.04. The fourth-order valence-corrected chi connectivity index (χ4v) is 1.39. The van der Waals surface area contributed by atoms with Gasteiger partial charge in [0.25, 0.3) is 5.56 Å². The van der Waals surface area contributed by atoms with Gasteiger partial charge >= 0.3 is 0 Å². The topological polar surface area (TPSA) is 63.6 Å². The summed E-state index contributed by atoms with van der Waals surface area (Å²) in [6.45, 7) is 2.93. The third-order valence-electron chi connectivity index (χ3n) is 2.07. The third-order valence-corrected chi connectivity index (χ3v) is 2.07. The van der Waals surface area contributed by atoms with Gasteiger partial charge in [-0.05, 0) is 6.42 Å². The maximum Gasteiger partial charge on any atom is 0.274 e. The van der Waals surface area contributed by atoms with Gasteiger partial charge < -0.3 is 4.98 Å². The Bertz CT molecular complexity index is 500. The van der Waals surface area contributed by atoms with Gasteiger partial charge in [0, 0.05) is 30.7 Å². The van der Waals surface area contributed by atoms with Crippen LogP contribution in [0, 0.1) is 0 Å². The minimum Gasteiger partial charge on any atom is -0.326 e. The van der Waals surface area contributed by atoms with Crippen LogP contribution in [0.15, 0.2) is 29.6 Å². The molecule has 0 aliphatic heterocycles. The van der Waals surface area contributed by atoms with Gasteiger partial charge in [0.1, 0.15) is 5.69 Å². The molecule has 5 nitrogen and oxygen atoms in total. The second-order valence-corrected chi connectivity index (χ2v) is 3.26. The first kappa shape index (κ1) is 9.64. The van der Waals surface area contributed by atoms with E-state index >= 15 is 0 Å². The summed E-state index contributed by atoms with van der Waals surface area (Å²) in [6.07, 6.45) is 7.59. The Hall–Kier alpha value is -1.91. The van der Waals surface area contributed by atoms with E-state index in [1.807, 2.05) is 10.9 Å². The van der Waals surface area contributed by atoms with Crippen molar-refractivity contribution in [3.05, 3.63) is 35.1 Å². The molecule has 0 spiro atoms. The molecule has 2 aromatic heterocycles. The molecular formula is C10H12N4O. The minimum absolute atomic E-state index is 0.187. The number of nitrogens with one attached hydrogen (secondary N) is 1. The van der Waals surface area contributed by atoms with Gasteiger partial charge in [-0.25, -0.2) is 4.98 Å². The van der Waals surface area contributed by atoms with Crippen LogP contribution in [0.25, 0.3) is 11.3 Å². The molecule has 2 aromatic rings. The standard InChI is InChI=1S/C10H12N4O/c1-2-5-14-7-8(6-13-14)9-10(15)12-4-3-11-9/h3-4,6-7H,2,5H2,1H3,(H,12,15). The average Bonchev–Trinajstić information content (AvgIpc) is 2.68. The summed E-state index contributed by atoms with van der Waals surface area (Å²) in [5.41, 5.74) is 0.985. The highest BCUT2D eigenvalue weighted by molar-refractivity contribution is 5.55. The van der Waals surface area contributed by atoms with Gasteiger partial charge in [0.2, 0.25) is 0 Å². The lowest BCUT2D eigenvalue weighted by atomic mass is 10.3. The Balaban J connectivity index is 2.38. The molecule has 2 heterocycles. The molecule has 0 aliphatic rings. The van der Waals surface area contributed by atoms with Crippen LogP contribution in [-0.2, 0) is 6.54 Å². The Kier molecular flexibility index (Phi) is 2.62. The van der Waals surface area contributed by atoms with Crippen molar-refractivity contribution in [1.29, 1.82) is 0 Å². The highest BCUT2D eigenvalue weighted by Gasteiger charge is 2.06. The van der Waals surface area contributed by atoms with E-state index in [4.69, 9.17) is 0 Å². The molecular weight excluding hydrogens is 192 g/mol. The highest BCUT2D eigenvalue weighted by atomic mass is 16.1. The maximum absolute atomic E-state index is 11.4. The first-order chi connectivity index (χ1) is 7.31. The van der Waals surface area contributed by atoms with Crippen LogP contribution in [0.5, 0.6) is 0 Å². The molecule has 0 aliphatic carbocycles. The highest BCUT2D eigenvalue weighted by Crippen LogP contribution is 2.10. The van der Waals surface area contributed by atoms with Gasteiger partial charge in [-0.3, -0.25) is 9.48 Å². The lowest BCUT2D eigenvalue weighted by Crippen LogP contribution is -2.09. The molecule has 15 heavy (non-hydrogen) atoms. The predicted molar refractivity (Wildman–Crippen MR) is 56.4 cm³/mol. The molecule has 0 bridgehead atoms. The van der Waals surface area contributed by atoms with E-state index in [1.165, 1.54) is 6.20 Å². The van der Waals surface area contributed by atoms with Crippen molar-refractivity contribution in [3.8, 4) is 11.3 Å². The zero-order chi connectivity index (χ0) is 10.7. The van der Waals surface area contributed by atoms with Crippen molar-refractivity contribution in [2.45, 2.75) is 19.9 Å². The molecule has 2 rings (SSSR count). The number of rotatable bonds is 3. The number of aryl methyl sites for hydroxylation is 1. The Labute approximate surface area is 86.8 Å². The quantitative estimate of drug-likeness (QED) is 0.812. The molecule has 5 heteroatoms. The first-order valence-corrected chi connectivity index (χ1v) is 4.88.